The zero-order valence-corrected chi connectivity index (χ0v) is 16.0. The first-order valence-corrected chi connectivity index (χ1v) is 10.5. The minimum Gasteiger partial charge on any atom is -0.358 e. The lowest BCUT2D eigenvalue weighted by Crippen LogP contribution is -2.38. The maximum atomic E-state index is 13.1. The van der Waals surface area contributed by atoms with Crippen LogP contribution in [0.2, 0.25) is 0 Å². The molecule has 5 heteroatoms. The third kappa shape index (κ3) is 3.06. The van der Waals surface area contributed by atoms with Crippen molar-refractivity contribution in [3.63, 3.8) is 0 Å². The molecule has 1 aromatic heterocycles. The monoisotopic (exact) mass is 368 g/mol. The van der Waals surface area contributed by atoms with Gasteiger partial charge in [-0.1, -0.05) is 30.3 Å². The van der Waals surface area contributed by atoms with E-state index in [1.54, 1.807) is 10.4 Å². The lowest BCUT2D eigenvalue weighted by molar-refractivity contribution is 0.317. The van der Waals surface area contributed by atoms with E-state index >= 15 is 0 Å². The van der Waals surface area contributed by atoms with Gasteiger partial charge in [-0.15, -0.1) is 0 Å². The van der Waals surface area contributed by atoms with Crippen LogP contribution in [0.5, 0.6) is 0 Å². The lowest BCUT2D eigenvalue weighted by Gasteiger charge is -2.31. The molecule has 0 saturated carbocycles. The van der Waals surface area contributed by atoms with Crippen LogP contribution >= 0.6 is 0 Å². The van der Waals surface area contributed by atoms with E-state index in [-0.39, 0.29) is 0 Å². The highest BCUT2D eigenvalue weighted by Crippen LogP contribution is 2.32. The summed E-state index contributed by atoms with van der Waals surface area (Å²) in [5.41, 5.74) is 4.15. The van der Waals surface area contributed by atoms with Crippen molar-refractivity contribution in [2.24, 2.45) is 0 Å². The Bertz CT molecular complexity index is 1010. The second kappa shape index (κ2) is 6.56. The van der Waals surface area contributed by atoms with Crippen LogP contribution in [-0.4, -0.2) is 30.8 Å². The minimum absolute atomic E-state index is 0.382. The third-order valence-electron chi connectivity index (χ3n) is 5.41. The van der Waals surface area contributed by atoms with Gasteiger partial charge < -0.3 is 4.98 Å². The molecule has 0 radical (unpaired) electrons. The van der Waals surface area contributed by atoms with Crippen LogP contribution in [0.1, 0.15) is 35.6 Å². The first-order valence-electron chi connectivity index (χ1n) is 9.10. The number of rotatable bonds is 3. The number of fused-ring (bicyclic) bond motifs is 1. The van der Waals surface area contributed by atoms with Gasteiger partial charge in [-0.05, 0) is 61.4 Å². The van der Waals surface area contributed by atoms with E-state index in [1.807, 2.05) is 38.1 Å². The number of nitrogens with one attached hydrogen (secondary N) is 1. The van der Waals surface area contributed by atoms with Crippen molar-refractivity contribution in [2.45, 2.75) is 37.5 Å². The Hall–Kier alpha value is -2.11. The predicted octanol–water partition coefficient (Wildman–Crippen LogP) is 4.35. The molecule has 1 saturated heterocycles. The summed E-state index contributed by atoms with van der Waals surface area (Å²) in [6.45, 7) is 4.93. The first-order chi connectivity index (χ1) is 12.4. The average Bonchev–Trinajstić information content (AvgIpc) is 3.08. The Labute approximate surface area is 154 Å². The highest BCUT2D eigenvalue weighted by molar-refractivity contribution is 7.89. The van der Waals surface area contributed by atoms with Crippen LogP contribution in [0, 0.1) is 13.8 Å². The number of para-hydroxylation sites is 1. The highest BCUT2D eigenvalue weighted by atomic mass is 32.2. The van der Waals surface area contributed by atoms with E-state index in [0.717, 1.165) is 29.5 Å². The van der Waals surface area contributed by atoms with Gasteiger partial charge in [0.1, 0.15) is 0 Å². The molecule has 2 heterocycles. The molecule has 26 heavy (non-hydrogen) atoms. The van der Waals surface area contributed by atoms with Crippen LogP contribution < -0.4 is 0 Å². The molecule has 0 aliphatic carbocycles. The van der Waals surface area contributed by atoms with Crippen molar-refractivity contribution in [3.8, 4) is 0 Å². The summed E-state index contributed by atoms with van der Waals surface area (Å²) >= 11 is 0. The van der Waals surface area contributed by atoms with Crippen molar-refractivity contribution in [3.05, 3.63) is 65.4 Å². The molecule has 1 aliphatic rings. The van der Waals surface area contributed by atoms with Crippen molar-refractivity contribution in [1.29, 1.82) is 0 Å². The predicted molar refractivity (Wildman–Crippen MR) is 105 cm³/mol. The van der Waals surface area contributed by atoms with E-state index in [9.17, 15) is 8.42 Å². The second-order valence-electron chi connectivity index (χ2n) is 7.26. The summed E-state index contributed by atoms with van der Waals surface area (Å²) in [6, 6.07) is 16.1. The van der Waals surface area contributed by atoms with Gasteiger partial charge in [0.2, 0.25) is 10.0 Å². The Morgan fingerprint density at radius 3 is 2.46 bits per heavy atom. The van der Waals surface area contributed by atoms with E-state index in [4.69, 9.17) is 0 Å². The number of nitrogens with zero attached hydrogens (tertiary/aromatic N) is 1. The van der Waals surface area contributed by atoms with E-state index in [1.165, 1.54) is 11.1 Å². The smallest absolute Gasteiger partial charge is 0.243 e. The van der Waals surface area contributed by atoms with E-state index < -0.39 is 10.0 Å². The number of aryl methyl sites for hydroxylation is 2. The number of H-pyrrole nitrogens is 1. The summed E-state index contributed by atoms with van der Waals surface area (Å²) in [5.74, 6) is 0.382. The molecule has 0 unspecified atom stereocenters. The summed E-state index contributed by atoms with van der Waals surface area (Å²) in [6.07, 6.45) is 1.69. The summed E-state index contributed by atoms with van der Waals surface area (Å²) < 4.78 is 27.8. The molecule has 136 valence electrons. The van der Waals surface area contributed by atoms with Crippen molar-refractivity contribution in [1.82, 2.24) is 9.29 Å². The van der Waals surface area contributed by atoms with Gasteiger partial charge in [0.15, 0.2) is 0 Å². The van der Waals surface area contributed by atoms with E-state index in [2.05, 4.69) is 23.2 Å². The van der Waals surface area contributed by atoms with Crippen LogP contribution in [0.25, 0.3) is 10.9 Å². The molecule has 0 spiro atoms. The van der Waals surface area contributed by atoms with E-state index in [0.29, 0.717) is 23.9 Å². The van der Waals surface area contributed by atoms with Crippen molar-refractivity contribution >= 4 is 20.9 Å². The van der Waals surface area contributed by atoms with Gasteiger partial charge >= 0.3 is 0 Å². The first kappa shape index (κ1) is 17.3. The van der Waals surface area contributed by atoms with Crippen molar-refractivity contribution in [2.75, 3.05) is 13.1 Å². The molecule has 0 bridgehead atoms. The largest absolute Gasteiger partial charge is 0.358 e. The number of hydrogen-bond donors (Lipinski definition) is 1. The standard InChI is InChI=1S/C21H24N2O2S/c1-15-7-8-16(2)21(13-15)26(24,25)23-11-9-17(10-12-23)20-14-18-5-3-4-6-19(18)22-20/h3-8,13-14,17,22H,9-12H2,1-2H3. The summed E-state index contributed by atoms with van der Waals surface area (Å²) in [7, 11) is -3.42. The second-order valence-corrected chi connectivity index (χ2v) is 9.17. The number of aromatic nitrogens is 1. The highest BCUT2D eigenvalue weighted by Gasteiger charge is 2.31. The van der Waals surface area contributed by atoms with Gasteiger partial charge in [-0.25, -0.2) is 8.42 Å². The number of aromatic amines is 1. The van der Waals surface area contributed by atoms with Crippen LogP contribution in [0.15, 0.2) is 53.4 Å². The number of sulfonamides is 1. The fourth-order valence-electron chi connectivity index (χ4n) is 3.85. The molecule has 1 N–H and O–H groups in total. The topological polar surface area (TPSA) is 53.2 Å². The Balaban J connectivity index is 1.53. The Morgan fingerprint density at radius 2 is 1.73 bits per heavy atom. The van der Waals surface area contributed by atoms with Gasteiger partial charge in [0, 0.05) is 30.2 Å². The molecular weight excluding hydrogens is 344 g/mol. The molecule has 0 atom stereocenters. The SMILES string of the molecule is Cc1ccc(C)c(S(=O)(=O)N2CCC(c3cc4ccccc4[nH]3)CC2)c1. The maximum absolute atomic E-state index is 13.1. The maximum Gasteiger partial charge on any atom is 0.243 e. The molecule has 1 aliphatic heterocycles. The normalized spacial score (nSPS) is 17.0. The van der Waals surface area contributed by atoms with Crippen LogP contribution in [-0.2, 0) is 10.0 Å². The fraction of sp³-hybridized carbons (Fsp3) is 0.333. The molecule has 2 aromatic carbocycles. The molecule has 4 nitrogen and oxygen atoms in total. The van der Waals surface area contributed by atoms with Gasteiger partial charge in [-0.3, -0.25) is 0 Å². The minimum atomic E-state index is -3.42. The molecule has 0 amide bonds. The quantitative estimate of drug-likeness (QED) is 0.747. The Morgan fingerprint density at radius 1 is 1.00 bits per heavy atom. The van der Waals surface area contributed by atoms with Gasteiger partial charge in [0.05, 0.1) is 4.90 Å². The zero-order chi connectivity index (χ0) is 18.3. The number of hydrogen-bond acceptors (Lipinski definition) is 2. The fourth-order valence-corrected chi connectivity index (χ4v) is 5.63. The lowest BCUT2D eigenvalue weighted by atomic mass is 9.95. The van der Waals surface area contributed by atoms with Gasteiger partial charge in [-0.2, -0.15) is 4.31 Å². The summed E-state index contributed by atoms with van der Waals surface area (Å²) in [4.78, 5) is 3.95. The summed E-state index contributed by atoms with van der Waals surface area (Å²) in [5, 5.41) is 1.22. The Kier molecular flexibility index (Phi) is 4.37. The van der Waals surface area contributed by atoms with Crippen LogP contribution in [0.3, 0.4) is 0 Å². The van der Waals surface area contributed by atoms with Crippen LogP contribution in [0.4, 0.5) is 0 Å². The zero-order valence-electron chi connectivity index (χ0n) is 15.2. The van der Waals surface area contributed by atoms with Crippen molar-refractivity contribution < 1.29 is 8.42 Å². The molecule has 3 aromatic rings. The third-order valence-corrected chi connectivity index (χ3v) is 7.45. The molecular formula is C21H24N2O2S. The average molecular weight is 369 g/mol. The molecule has 4 rings (SSSR count). The number of piperidine rings is 1. The van der Waals surface area contributed by atoms with Gasteiger partial charge in [0.25, 0.3) is 0 Å². The molecule has 1 fully saturated rings. The number of benzene rings is 2.